The Kier molecular flexibility index (Phi) is 5.12. The van der Waals surface area contributed by atoms with Crippen molar-refractivity contribution in [2.24, 2.45) is 5.92 Å². The van der Waals surface area contributed by atoms with Crippen molar-refractivity contribution in [3.8, 4) is 0 Å². The van der Waals surface area contributed by atoms with Crippen molar-refractivity contribution >= 4 is 45.7 Å². The Hall–Kier alpha value is -3.61. The van der Waals surface area contributed by atoms with Crippen LogP contribution < -0.4 is 9.96 Å². The van der Waals surface area contributed by atoms with Gasteiger partial charge in [-0.2, -0.15) is 0 Å². The number of fused-ring (bicyclic) bond motifs is 2. The Balaban J connectivity index is 1.45. The van der Waals surface area contributed by atoms with Crippen molar-refractivity contribution in [1.82, 2.24) is 0 Å². The van der Waals surface area contributed by atoms with E-state index in [2.05, 4.69) is 0 Å². The maximum Gasteiger partial charge on any atom is 0.266 e. The highest BCUT2D eigenvalue weighted by Crippen LogP contribution is 2.48. The molecule has 5 nitrogen and oxygen atoms in total. The lowest BCUT2D eigenvalue weighted by Gasteiger charge is -2.29. The van der Waals surface area contributed by atoms with Gasteiger partial charge in [0.2, 0.25) is 5.91 Å². The predicted molar refractivity (Wildman–Crippen MR) is 135 cm³/mol. The summed E-state index contributed by atoms with van der Waals surface area (Å²) in [5.74, 6) is -1.20. The number of para-hydroxylation sites is 1. The molecule has 2 aliphatic heterocycles. The minimum Gasteiger partial charge on any atom is -0.273 e. The van der Waals surface area contributed by atoms with E-state index in [1.54, 1.807) is 16.8 Å². The normalized spacial score (nSPS) is 22.0. The first-order valence-electron chi connectivity index (χ1n) is 11.2. The Morgan fingerprint density at radius 1 is 0.765 bits per heavy atom. The molecule has 0 N–H and O–H groups in total. The van der Waals surface area contributed by atoms with E-state index in [0.29, 0.717) is 5.69 Å². The third-order valence-corrected chi connectivity index (χ3v) is 7.33. The van der Waals surface area contributed by atoms with Gasteiger partial charge in [0.1, 0.15) is 5.92 Å². The van der Waals surface area contributed by atoms with Gasteiger partial charge in [-0.1, -0.05) is 66.7 Å². The molecule has 6 heteroatoms. The molecule has 168 valence electrons. The van der Waals surface area contributed by atoms with Crippen molar-refractivity contribution in [3.05, 3.63) is 103 Å². The van der Waals surface area contributed by atoms with E-state index < -0.39 is 18.1 Å². The first kappa shape index (κ1) is 21.0. The van der Waals surface area contributed by atoms with Crippen LogP contribution in [-0.4, -0.2) is 24.2 Å². The number of anilines is 2. The first-order chi connectivity index (χ1) is 16.7. The lowest BCUT2D eigenvalue weighted by atomic mass is 9.90. The van der Waals surface area contributed by atoms with Crippen LogP contribution in [0.3, 0.4) is 0 Å². The third-order valence-electron chi connectivity index (χ3n) is 6.59. The fraction of sp³-hybridized carbons (Fsp3) is 0.143. The summed E-state index contributed by atoms with van der Waals surface area (Å²) in [4.78, 5) is 36.3. The number of hydrogen-bond donors (Lipinski definition) is 0. The number of imide groups is 1. The summed E-state index contributed by atoms with van der Waals surface area (Å²) in [6.45, 7) is 0. The van der Waals surface area contributed by atoms with Crippen molar-refractivity contribution in [3.63, 3.8) is 0 Å². The minimum absolute atomic E-state index is 0.233. The van der Waals surface area contributed by atoms with E-state index in [1.165, 1.54) is 4.90 Å². The molecule has 4 aromatic carbocycles. The van der Waals surface area contributed by atoms with Crippen molar-refractivity contribution in [1.29, 1.82) is 0 Å². The number of carbonyl (C=O) groups is 2. The second-order valence-electron chi connectivity index (χ2n) is 8.44. The molecule has 6 rings (SSSR count). The summed E-state index contributed by atoms with van der Waals surface area (Å²) in [5, 5.41) is 3.58. The standard InChI is InChI=1S/C28H22N2O3S/c1-34-21-16-14-19(15-17-21)25-24-26(33-30(25)20-10-3-2-4-11-20)28(32)29(27(24)31)23-13-7-9-18-8-5-6-12-22(18)23/h2-17,24-26H,1H3/t24-,25+,26-/m0/s1. The number of carbonyl (C=O) groups excluding carboxylic acids is 2. The molecule has 2 aliphatic rings. The molecule has 2 saturated heterocycles. The molecule has 0 unspecified atom stereocenters. The molecule has 0 radical (unpaired) electrons. The fourth-order valence-electron chi connectivity index (χ4n) is 4.99. The zero-order valence-corrected chi connectivity index (χ0v) is 19.3. The number of amides is 2. The van der Waals surface area contributed by atoms with E-state index in [1.807, 2.05) is 103 Å². The zero-order valence-electron chi connectivity index (χ0n) is 18.5. The average molecular weight is 467 g/mol. The zero-order chi connectivity index (χ0) is 23.2. The van der Waals surface area contributed by atoms with Crippen LogP contribution in [-0.2, 0) is 14.4 Å². The fourth-order valence-corrected chi connectivity index (χ4v) is 5.40. The average Bonchev–Trinajstić information content (AvgIpc) is 3.40. The van der Waals surface area contributed by atoms with Crippen LogP contribution in [0.15, 0.2) is 102 Å². The van der Waals surface area contributed by atoms with Gasteiger partial charge in [-0.3, -0.25) is 14.4 Å². The Bertz CT molecular complexity index is 1380. The van der Waals surface area contributed by atoms with E-state index >= 15 is 0 Å². The lowest BCUT2D eigenvalue weighted by Crippen LogP contribution is -2.37. The summed E-state index contributed by atoms with van der Waals surface area (Å²) < 4.78 is 0. The molecule has 3 atom stereocenters. The summed E-state index contributed by atoms with van der Waals surface area (Å²) in [7, 11) is 0. The molecule has 4 aromatic rings. The second kappa shape index (κ2) is 8.31. The van der Waals surface area contributed by atoms with Gasteiger partial charge in [0.05, 0.1) is 17.4 Å². The van der Waals surface area contributed by atoms with Crippen molar-refractivity contribution in [2.45, 2.75) is 17.0 Å². The molecule has 0 aromatic heterocycles. The van der Waals surface area contributed by atoms with Gasteiger partial charge in [-0.05, 0) is 47.5 Å². The number of hydroxylamine groups is 1. The highest BCUT2D eigenvalue weighted by Gasteiger charge is 2.60. The van der Waals surface area contributed by atoms with Crippen LogP contribution in [0, 0.1) is 5.92 Å². The molecule has 0 spiro atoms. The van der Waals surface area contributed by atoms with Gasteiger partial charge in [0.25, 0.3) is 5.91 Å². The Morgan fingerprint density at radius 3 is 2.24 bits per heavy atom. The van der Waals surface area contributed by atoms with Crippen LogP contribution in [0.2, 0.25) is 0 Å². The summed E-state index contributed by atoms with van der Waals surface area (Å²) >= 11 is 1.66. The van der Waals surface area contributed by atoms with Crippen LogP contribution in [0.25, 0.3) is 10.8 Å². The van der Waals surface area contributed by atoms with Gasteiger partial charge in [-0.25, -0.2) is 9.96 Å². The molecule has 0 bridgehead atoms. The van der Waals surface area contributed by atoms with E-state index in [0.717, 1.165) is 26.9 Å². The lowest BCUT2D eigenvalue weighted by molar-refractivity contribution is -0.126. The predicted octanol–water partition coefficient (Wildman–Crippen LogP) is 5.61. The van der Waals surface area contributed by atoms with Crippen molar-refractivity contribution in [2.75, 3.05) is 16.2 Å². The molecule has 2 amide bonds. The second-order valence-corrected chi connectivity index (χ2v) is 9.32. The van der Waals surface area contributed by atoms with Gasteiger partial charge in [-0.15, -0.1) is 11.8 Å². The van der Waals surface area contributed by atoms with E-state index in [4.69, 9.17) is 4.84 Å². The molecule has 0 saturated carbocycles. The quantitative estimate of drug-likeness (QED) is 0.289. The molecule has 34 heavy (non-hydrogen) atoms. The minimum atomic E-state index is -0.878. The van der Waals surface area contributed by atoms with Gasteiger partial charge in [0, 0.05) is 10.3 Å². The van der Waals surface area contributed by atoms with Gasteiger partial charge in [0.15, 0.2) is 6.10 Å². The number of benzene rings is 4. The highest BCUT2D eigenvalue weighted by atomic mass is 32.2. The van der Waals surface area contributed by atoms with E-state index in [-0.39, 0.29) is 11.8 Å². The molecular formula is C28H22N2O3S. The van der Waals surface area contributed by atoms with Crippen LogP contribution >= 0.6 is 11.8 Å². The first-order valence-corrected chi connectivity index (χ1v) is 12.4. The van der Waals surface area contributed by atoms with Gasteiger partial charge < -0.3 is 0 Å². The molecule has 2 heterocycles. The number of nitrogens with zero attached hydrogens (tertiary/aromatic N) is 2. The third kappa shape index (κ3) is 3.22. The van der Waals surface area contributed by atoms with Crippen molar-refractivity contribution < 1.29 is 14.4 Å². The molecular weight excluding hydrogens is 444 g/mol. The number of hydrogen-bond acceptors (Lipinski definition) is 5. The molecule has 2 fully saturated rings. The topological polar surface area (TPSA) is 49.9 Å². The Labute approximate surface area is 201 Å². The molecule has 0 aliphatic carbocycles. The van der Waals surface area contributed by atoms with Crippen LogP contribution in [0.1, 0.15) is 11.6 Å². The Morgan fingerprint density at radius 2 is 1.47 bits per heavy atom. The number of thioether (sulfide) groups is 1. The maximum absolute atomic E-state index is 13.9. The highest BCUT2D eigenvalue weighted by molar-refractivity contribution is 7.98. The van der Waals surface area contributed by atoms with E-state index in [9.17, 15) is 9.59 Å². The maximum atomic E-state index is 13.9. The van der Waals surface area contributed by atoms with Gasteiger partial charge >= 0.3 is 0 Å². The summed E-state index contributed by atoms with van der Waals surface area (Å²) in [5.41, 5.74) is 2.36. The van der Waals surface area contributed by atoms with Crippen LogP contribution in [0.5, 0.6) is 0 Å². The summed E-state index contributed by atoms with van der Waals surface area (Å²) in [6, 6.07) is 30.8. The smallest absolute Gasteiger partial charge is 0.266 e. The largest absolute Gasteiger partial charge is 0.273 e. The number of rotatable bonds is 4. The SMILES string of the molecule is CSc1ccc([C@@H]2[C@@H]3C(=O)N(c4cccc5ccccc45)C(=O)[C@H]3ON2c2ccccc2)cc1. The summed E-state index contributed by atoms with van der Waals surface area (Å²) in [6.07, 6.45) is 1.15. The van der Waals surface area contributed by atoms with Crippen LogP contribution in [0.4, 0.5) is 11.4 Å². The monoisotopic (exact) mass is 466 g/mol.